The maximum atomic E-state index is 13.1. The second-order valence-electron chi connectivity index (χ2n) is 8.66. The third-order valence-corrected chi connectivity index (χ3v) is 5.79. The molecule has 37 heavy (non-hydrogen) atoms. The summed E-state index contributed by atoms with van der Waals surface area (Å²) in [4.78, 5) is 51.6. The molecular weight excluding hydrogens is 494 g/mol. The number of nitrogens with zero attached hydrogens (tertiary/aromatic N) is 1. The van der Waals surface area contributed by atoms with Gasteiger partial charge in [0.05, 0.1) is 17.4 Å². The van der Waals surface area contributed by atoms with Gasteiger partial charge < -0.3 is 15.4 Å². The van der Waals surface area contributed by atoms with E-state index in [1.165, 1.54) is 24.3 Å². The van der Waals surface area contributed by atoms with Crippen LogP contribution in [0.4, 0.5) is 17.1 Å². The van der Waals surface area contributed by atoms with Crippen LogP contribution in [-0.4, -0.2) is 29.8 Å². The lowest BCUT2D eigenvalue weighted by Crippen LogP contribution is -2.32. The third kappa shape index (κ3) is 5.70. The fourth-order valence-corrected chi connectivity index (χ4v) is 3.81. The zero-order chi connectivity index (χ0) is 26.7. The van der Waals surface area contributed by atoms with Gasteiger partial charge in [-0.3, -0.25) is 14.4 Å². The molecule has 0 saturated carbocycles. The van der Waals surface area contributed by atoms with Crippen molar-refractivity contribution in [2.45, 2.75) is 26.9 Å². The highest BCUT2D eigenvalue weighted by Gasteiger charge is 2.39. The number of carbonyl (C=O) groups is 4. The highest BCUT2D eigenvalue weighted by molar-refractivity contribution is 6.53. The number of halogens is 1. The summed E-state index contributed by atoms with van der Waals surface area (Å²) in [5.74, 6) is -2.22. The van der Waals surface area contributed by atoms with E-state index < -0.39 is 17.8 Å². The van der Waals surface area contributed by atoms with Gasteiger partial charge in [-0.05, 0) is 75.4 Å². The summed E-state index contributed by atoms with van der Waals surface area (Å²) < 4.78 is 5.15. The van der Waals surface area contributed by atoms with Crippen LogP contribution < -0.4 is 15.5 Å². The molecule has 0 saturated heterocycles. The Kier molecular flexibility index (Phi) is 7.40. The molecule has 3 aromatic rings. The molecule has 0 aromatic heterocycles. The largest absolute Gasteiger partial charge is 0.459 e. The second kappa shape index (κ2) is 10.7. The smallest absolute Gasteiger partial charge is 0.338 e. The maximum Gasteiger partial charge on any atom is 0.338 e. The predicted octanol–water partition coefficient (Wildman–Crippen LogP) is 5.25. The second-order valence-corrected chi connectivity index (χ2v) is 9.04. The standard InChI is InChI=1S/C28H24ClN3O5/c1-16(2)37-28(36)18-9-13-22(14-10-18)32-26(34)23(29)24(27(32)35)30-21-6-4-5-19(15-21)25(33)31-20-11-7-17(3)8-12-20/h4-16,30H,1-3H3,(H,31,33). The summed E-state index contributed by atoms with van der Waals surface area (Å²) in [6, 6.07) is 19.7. The molecule has 0 atom stereocenters. The number of nitrogens with one attached hydrogen (secondary N) is 2. The van der Waals surface area contributed by atoms with E-state index in [9.17, 15) is 19.2 Å². The highest BCUT2D eigenvalue weighted by atomic mass is 35.5. The molecule has 188 valence electrons. The van der Waals surface area contributed by atoms with Crippen LogP contribution in [-0.2, 0) is 14.3 Å². The predicted molar refractivity (Wildman–Crippen MR) is 142 cm³/mol. The molecule has 1 aliphatic rings. The molecule has 2 N–H and O–H groups in total. The van der Waals surface area contributed by atoms with Crippen LogP contribution in [0.2, 0.25) is 0 Å². The zero-order valence-corrected chi connectivity index (χ0v) is 21.1. The lowest BCUT2D eigenvalue weighted by atomic mass is 10.1. The Morgan fingerprint density at radius 1 is 0.865 bits per heavy atom. The van der Waals surface area contributed by atoms with Gasteiger partial charge in [-0.15, -0.1) is 0 Å². The van der Waals surface area contributed by atoms with Crippen LogP contribution in [0.25, 0.3) is 0 Å². The Labute approximate surface area is 218 Å². The number of imide groups is 1. The first-order valence-electron chi connectivity index (χ1n) is 11.5. The van der Waals surface area contributed by atoms with Gasteiger partial charge in [0.1, 0.15) is 10.7 Å². The first-order chi connectivity index (χ1) is 17.6. The molecule has 1 heterocycles. The maximum absolute atomic E-state index is 13.1. The Morgan fingerprint density at radius 2 is 1.54 bits per heavy atom. The Bertz CT molecular complexity index is 1410. The Hall–Kier alpha value is -4.43. The van der Waals surface area contributed by atoms with Crippen LogP contribution in [0.5, 0.6) is 0 Å². The van der Waals surface area contributed by atoms with Crippen LogP contribution in [0.3, 0.4) is 0 Å². The number of hydrogen-bond acceptors (Lipinski definition) is 6. The zero-order valence-electron chi connectivity index (χ0n) is 20.4. The molecule has 4 rings (SSSR count). The van der Waals surface area contributed by atoms with Crippen molar-refractivity contribution < 1.29 is 23.9 Å². The van der Waals surface area contributed by atoms with E-state index in [0.29, 0.717) is 16.9 Å². The van der Waals surface area contributed by atoms with Gasteiger partial charge in [-0.1, -0.05) is 35.4 Å². The van der Waals surface area contributed by atoms with Gasteiger partial charge in [0.25, 0.3) is 17.7 Å². The molecule has 0 fully saturated rings. The van der Waals surface area contributed by atoms with E-state index in [1.54, 1.807) is 50.2 Å². The van der Waals surface area contributed by atoms with Crippen molar-refractivity contribution >= 4 is 52.4 Å². The molecule has 0 bridgehead atoms. The molecular formula is C28H24ClN3O5. The molecule has 0 spiro atoms. The summed E-state index contributed by atoms with van der Waals surface area (Å²) in [5.41, 5.74) is 2.89. The van der Waals surface area contributed by atoms with Crippen LogP contribution in [0.1, 0.15) is 40.1 Å². The lowest BCUT2D eigenvalue weighted by Gasteiger charge is -2.16. The van der Waals surface area contributed by atoms with Gasteiger partial charge in [0.15, 0.2) is 0 Å². The summed E-state index contributed by atoms with van der Waals surface area (Å²) in [7, 11) is 0. The van der Waals surface area contributed by atoms with Gasteiger partial charge in [-0.2, -0.15) is 0 Å². The van der Waals surface area contributed by atoms with Gasteiger partial charge in [0.2, 0.25) is 0 Å². The number of carbonyl (C=O) groups excluding carboxylic acids is 4. The molecule has 0 aliphatic carbocycles. The van der Waals surface area contributed by atoms with Gasteiger partial charge in [-0.25, -0.2) is 9.69 Å². The number of ether oxygens (including phenoxy) is 1. The fraction of sp³-hybridized carbons (Fsp3) is 0.143. The van der Waals surface area contributed by atoms with Crippen molar-refractivity contribution in [3.63, 3.8) is 0 Å². The minimum atomic E-state index is -0.708. The van der Waals surface area contributed by atoms with Gasteiger partial charge in [0, 0.05) is 16.9 Å². The molecule has 1 aliphatic heterocycles. The third-order valence-electron chi connectivity index (χ3n) is 5.43. The molecule has 8 nitrogen and oxygen atoms in total. The first kappa shape index (κ1) is 25.7. The quantitative estimate of drug-likeness (QED) is 0.328. The molecule has 3 aromatic carbocycles. The first-order valence-corrected chi connectivity index (χ1v) is 11.9. The van der Waals surface area contributed by atoms with E-state index in [-0.39, 0.29) is 34.0 Å². The van der Waals surface area contributed by atoms with E-state index in [0.717, 1.165) is 10.5 Å². The normalized spacial score (nSPS) is 13.3. The highest BCUT2D eigenvalue weighted by Crippen LogP contribution is 2.30. The average Bonchev–Trinajstić information content (AvgIpc) is 3.08. The van der Waals surface area contributed by atoms with E-state index in [2.05, 4.69) is 10.6 Å². The minimum Gasteiger partial charge on any atom is -0.459 e. The number of rotatable bonds is 7. The number of benzene rings is 3. The monoisotopic (exact) mass is 517 g/mol. The minimum absolute atomic E-state index is 0.119. The van der Waals surface area contributed by atoms with Crippen molar-refractivity contribution in [3.05, 3.63) is 100 Å². The topological polar surface area (TPSA) is 105 Å². The van der Waals surface area contributed by atoms with E-state index in [1.807, 2.05) is 19.1 Å². The average molecular weight is 518 g/mol. The van der Waals surface area contributed by atoms with Crippen LogP contribution in [0.15, 0.2) is 83.5 Å². The Balaban J connectivity index is 1.49. The van der Waals surface area contributed by atoms with Crippen molar-refractivity contribution in [2.75, 3.05) is 15.5 Å². The molecule has 3 amide bonds. The summed E-state index contributed by atoms with van der Waals surface area (Å²) in [6.45, 7) is 5.43. The fourth-order valence-electron chi connectivity index (χ4n) is 3.60. The summed E-state index contributed by atoms with van der Waals surface area (Å²) in [5, 5.41) is 5.40. The number of hydrogen-bond donors (Lipinski definition) is 2. The van der Waals surface area contributed by atoms with E-state index in [4.69, 9.17) is 16.3 Å². The lowest BCUT2D eigenvalue weighted by molar-refractivity contribution is -0.120. The molecule has 0 unspecified atom stereocenters. The molecule has 0 radical (unpaired) electrons. The number of anilines is 3. The number of aryl methyl sites for hydroxylation is 1. The van der Waals surface area contributed by atoms with Crippen molar-refractivity contribution in [1.29, 1.82) is 0 Å². The van der Waals surface area contributed by atoms with Crippen LogP contribution >= 0.6 is 11.6 Å². The summed E-state index contributed by atoms with van der Waals surface area (Å²) in [6.07, 6.45) is -0.280. The summed E-state index contributed by atoms with van der Waals surface area (Å²) >= 11 is 6.23. The van der Waals surface area contributed by atoms with Crippen LogP contribution in [0, 0.1) is 6.92 Å². The SMILES string of the molecule is Cc1ccc(NC(=O)c2cccc(NC3=C(Cl)C(=O)N(c4ccc(C(=O)OC(C)C)cc4)C3=O)c2)cc1. The number of esters is 1. The Morgan fingerprint density at radius 3 is 2.19 bits per heavy atom. The number of amides is 3. The molecule has 9 heteroatoms. The van der Waals surface area contributed by atoms with Gasteiger partial charge >= 0.3 is 5.97 Å². The van der Waals surface area contributed by atoms with Crippen molar-refractivity contribution in [1.82, 2.24) is 0 Å². The van der Waals surface area contributed by atoms with E-state index >= 15 is 0 Å². The van der Waals surface area contributed by atoms with Crippen molar-refractivity contribution in [2.24, 2.45) is 0 Å². The van der Waals surface area contributed by atoms with Crippen molar-refractivity contribution in [3.8, 4) is 0 Å².